The monoisotopic (exact) mass is 481 g/mol. The van der Waals surface area contributed by atoms with E-state index >= 15 is 0 Å². The van der Waals surface area contributed by atoms with Gasteiger partial charge in [-0.2, -0.15) is 4.98 Å². The van der Waals surface area contributed by atoms with Crippen LogP contribution in [0.15, 0.2) is 88.8 Å². The van der Waals surface area contributed by atoms with Crippen molar-refractivity contribution in [3.05, 3.63) is 101 Å². The van der Waals surface area contributed by atoms with Gasteiger partial charge >= 0.3 is 0 Å². The number of halogens is 2. The zero-order valence-corrected chi connectivity index (χ0v) is 18.6. The van der Waals surface area contributed by atoms with Gasteiger partial charge in [0.25, 0.3) is 21.9 Å². The first-order chi connectivity index (χ1) is 15.9. The van der Waals surface area contributed by atoms with Gasteiger partial charge in [0.2, 0.25) is 0 Å². The molecule has 0 fully saturated rings. The predicted octanol–water partition coefficient (Wildman–Crippen LogP) is 4.99. The first kappa shape index (κ1) is 21.3. The average Bonchev–Trinajstić information content (AvgIpc) is 3.22. The molecule has 0 radical (unpaired) electrons. The Balaban J connectivity index is 1.56. The van der Waals surface area contributed by atoms with Crippen LogP contribution in [0.5, 0.6) is 0 Å². The van der Waals surface area contributed by atoms with E-state index in [4.69, 9.17) is 11.6 Å². The Morgan fingerprint density at radius 2 is 1.67 bits per heavy atom. The number of fused-ring (bicyclic) bond motifs is 1. The van der Waals surface area contributed by atoms with Gasteiger partial charge in [0, 0.05) is 11.4 Å². The van der Waals surface area contributed by atoms with Crippen molar-refractivity contribution >= 4 is 39.2 Å². The number of aliphatic imine (C=N–C) groups is 1. The summed E-state index contributed by atoms with van der Waals surface area (Å²) in [6.45, 7) is 0. The molecule has 4 aromatic rings. The van der Waals surface area contributed by atoms with Gasteiger partial charge in [0.05, 0.1) is 16.6 Å². The van der Waals surface area contributed by atoms with E-state index in [1.807, 2.05) is 12.1 Å². The van der Waals surface area contributed by atoms with Gasteiger partial charge in [0.1, 0.15) is 5.82 Å². The molecule has 1 atom stereocenters. The number of sulfonamides is 1. The number of nitrogens with one attached hydrogen (secondary N) is 1. The molecule has 3 aromatic carbocycles. The number of hydrogen-bond acceptors (Lipinski definition) is 5. The molecule has 7 nitrogen and oxygen atoms in total. The SMILES string of the molecule is O=S(=O)(Nc1nc2n(n1)C(c1ccc(F)cc1)CC(c1ccc(Cl)cc1)=N2)c1ccccc1. The van der Waals surface area contributed by atoms with Crippen LogP contribution in [0.2, 0.25) is 5.02 Å². The maximum absolute atomic E-state index is 13.5. The topological polar surface area (TPSA) is 89.2 Å². The lowest BCUT2D eigenvalue weighted by Gasteiger charge is -2.23. The molecule has 0 saturated heterocycles. The highest BCUT2D eigenvalue weighted by molar-refractivity contribution is 7.92. The molecule has 1 aliphatic heterocycles. The molecule has 0 amide bonds. The fourth-order valence-corrected chi connectivity index (χ4v) is 4.71. The van der Waals surface area contributed by atoms with Crippen LogP contribution in [-0.4, -0.2) is 28.9 Å². The molecule has 1 N–H and O–H groups in total. The fourth-order valence-electron chi connectivity index (χ4n) is 3.63. The van der Waals surface area contributed by atoms with E-state index in [0.717, 1.165) is 16.8 Å². The van der Waals surface area contributed by atoms with Gasteiger partial charge in [-0.05, 0) is 47.5 Å². The summed E-state index contributed by atoms with van der Waals surface area (Å²) in [5, 5.41) is 4.98. The van der Waals surface area contributed by atoms with Gasteiger partial charge in [-0.25, -0.2) is 27.2 Å². The van der Waals surface area contributed by atoms with Crippen molar-refractivity contribution in [3.8, 4) is 0 Å². The summed E-state index contributed by atoms with van der Waals surface area (Å²) in [4.78, 5) is 9.03. The second-order valence-corrected chi connectivity index (χ2v) is 9.55. The van der Waals surface area contributed by atoms with Crippen LogP contribution in [0.3, 0.4) is 0 Å². The standard InChI is InChI=1S/C23H17ClFN5O2S/c24-17-10-6-15(7-11-17)20-14-21(16-8-12-18(25)13-9-16)30-23(26-20)27-22(28-30)29-33(31,32)19-4-2-1-3-5-19/h1-13,21H,14H2,(H,28,29). The molecule has 166 valence electrons. The average molecular weight is 482 g/mol. The molecular formula is C23H17ClFN5O2S. The van der Waals surface area contributed by atoms with E-state index in [9.17, 15) is 12.8 Å². The van der Waals surface area contributed by atoms with E-state index in [2.05, 4.69) is 19.8 Å². The molecule has 33 heavy (non-hydrogen) atoms. The largest absolute Gasteiger partial charge is 0.264 e. The summed E-state index contributed by atoms with van der Waals surface area (Å²) in [7, 11) is -3.87. The van der Waals surface area contributed by atoms with Crippen LogP contribution < -0.4 is 4.72 Å². The lowest BCUT2D eigenvalue weighted by Crippen LogP contribution is -2.21. The molecule has 0 saturated carbocycles. The quantitative estimate of drug-likeness (QED) is 0.435. The molecule has 1 aliphatic rings. The molecule has 0 aliphatic carbocycles. The van der Waals surface area contributed by atoms with Crippen molar-refractivity contribution in [1.82, 2.24) is 14.8 Å². The molecule has 0 spiro atoms. The normalized spacial score (nSPS) is 15.6. The highest BCUT2D eigenvalue weighted by Crippen LogP contribution is 2.34. The first-order valence-electron chi connectivity index (χ1n) is 10.0. The number of anilines is 1. The Bertz CT molecular complexity index is 1440. The van der Waals surface area contributed by atoms with Crippen molar-refractivity contribution in [2.75, 3.05) is 4.72 Å². The Kier molecular flexibility index (Phi) is 5.43. The first-order valence-corrected chi connectivity index (χ1v) is 11.9. The molecule has 0 bridgehead atoms. The van der Waals surface area contributed by atoms with E-state index in [-0.39, 0.29) is 28.7 Å². The highest BCUT2D eigenvalue weighted by Gasteiger charge is 2.29. The maximum Gasteiger partial charge on any atom is 0.264 e. The van der Waals surface area contributed by atoms with Crippen molar-refractivity contribution < 1.29 is 12.8 Å². The minimum atomic E-state index is -3.87. The van der Waals surface area contributed by atoms with Gasteiger partial charge in [-0.1, -0.05) is 54.1 Å². The highest BCUT2D eigenvalue weighted by atomic mass is 35.5. The zero-order valence-electron chi connectivity index (χ0n) is 17.1. The summed E-state index contributed by atoms with van der Waals surface area (Å²) in [5.74, 6) is -0.204. The summed E-state index contributed by atoms with van der Waals surface area (Å²) in [6.07, 6.45) is 0.453. The van der Waals surface area contributed by atoms with E-state index in [1.165, 1.54) is 24.3 Å². The number of benzene rings is 3. The fraction of sp³-hybridized carbons (Fsp3) is 0.0870. The van der Waals surface area contributed by atoms with Crippen molar-refractivity contribution in [1.29, 1.82) is 0 Å². The van der Waals surface area contributed by atoms with E-state index < -0.39 is 10.0 Å². The maximum atomic E-state index is 13.5. The van der Waals surface area contributed by atoms with E-state index in [0.29, 0.717) is 11.4 Å². The molecule has 1 aromatic heterocycles. The van der Waals surface area contributed by atoms with Gasteiger partial charge in [-0.3, -0.25) is 0 Å². The van der Waals surface area contributed by atoms with Gasteiger partial charge in [-0.15, -0.1) is 5.10 Å². The smallest absolute Gasteiger partial charge is 0.246 e. The molecule has 1 unspecified atom stereocenters. The number of aromatic nitrogens is 3. The Labute approximate surface area is 194 Å². The Hall–Kier alpha value is -3.56. The van der Waals surface area contributed by atoms with Crippen LogP contribution in [0.1, 0.15) is 23.6 Å². The molecular weight excluding hydrogens is 465 g/mol. The lowest BCUT2D eigenvalue weighted by atomic mass is 9.96. The van der Waals surface area contributed by atoms with Crippen LogP contribution in [-0.2, 0) is 10.0 Å². The summed E-state index contributed by atoms with van der Waals surface area (Å²) < 4.78 is 43.0. The second kappa shape index (κ2) is 8.42. The minimum Gasteiger partial charge on any atom is -0.246 e. The predicted molar refractivity (Wildman–Crippen MR) is 124 cm³/mol. The third-order valence-electron chi connectivity index (χ3n) is 5.24. The van der Waals surface area contributed by atoms with Crippen LogP contribution in [0, 0.1) is 5.82 Å². The zero-order chi connectivity index (χ0) is 23.0. The summed E-state index contributed by atoms with van der Waals surface area (Å²) in [5.41, 5.74) is 2.38. The molecule has 10 heteroatoms. The number of rotatable bonds is 5. The van der Waals surface area contributed by atoms with Gasteiger partial charge in [0.15, 0.2) is 0 Å². The van der Waals surface area contributed by atoms with Crippen LogP contribution in [0.25, 0.3) is 0 Å². The Morgan fingerprint density at radius 3 is 2.36 bits per heavy atom. The number of hydrogen-bond donors (Lipinski definition) is 1. The number of nitrogens with zero attached hydrogens (tertiary/aromatic N) is 4. The molecule has 2 heterocycles. The summed E-state index contributed by atoms with van der Waals surface area (Å²) in [6, 6.07) is 20.9. The third kappa shape index (κ3) is 4.37. The van der Waals surface area contributed by atoms with Crippen LogP contribution >= 0.6 is 11.6 Å². The Morgan fingerprint density at radius 1 is 0.970 bits per heavy atom. The summed E-state index contributed by atoms with van der Waals surface area (Å²) >= 11 is 6.02. The van der Waals surface area contributed by atoms with Crippen molar-refractivity contribution in [3.63, 3.8) is 0 Å². The van der Waals surface area contributed by atoms with Crippen LogP contribution in [0.4, 0.5) is 16.3 Å². The lowest BCUT2D eigenvalue weighted by molar-refractivity contribution is 0.530. The van der Waals surface area contributed by atoms with Crippen molar-refractivity contribution in [2.45, 2.75) is 17.4 Å². The van der Waals surface area contributed by atoms with Crippen molar-refractivity contribution in [2.24, 2.45) is 4.99 Å². The minimum absolute atomic E-state index is 0.0953. The molecule has 5 rings (SSSR count). The third-order valence-corrected chi connectivity index (χ3v) is 6.84. The van der Waals surface area contributed by atoms with Gasteiger partial charge < -0.3 is 0 Å². The van der Waals surface area contributed by atoms with E-state index in [1.54, 1.807) is 47.1 Å². The second-order valence-electron chi connectivity index (χ2n) is 7.44.